The van der Waals surface area contributed by atoms with Gasteiger partial charge in [-0.25, -0.2) is 4.98 Å². The van der Waals surface area contributed by atoms with Crippen LogP contribution in [0.25, 0.3) is 22.2 Å². The quantitative estimate of drug-likeness (QED) is 0.363. The molecule has 8 nitrogen and oxygen atoms in total. The van der Waals surface area contributed by atoms with Crippen molar-refractivity contribution in [2.24, 2.45) is 5.92 Å². The van der Waals surface area contributed by atoms with E-state index in [0.717, 1.165) is 11.1 Å². The Kier molecular flexibility index (Phi) is 7.34. The van der Waals surface area contributed by atoms with Crippen molar-refractivity contribution in [3.63, 3.8) is 0 Å². The van der Waals surface area contributed by atoms with E-state index in [1.807, 2.05) is 57.2 Å². The standard InChI is InChI=1S/C28H27N5O3/c1-17(2)25(31-26(34)19-12-10-18(3)11-13-19)28(36)33-32-27(35)22-15-24(20-7-6-14-29-16-20)30-23-9-5-4-8-21(22)23/h4-17,25H,1-3H3,(H,31,34)(H,32,35)(H,33,36). The van der Waals surface area contributed by atoms with Crippen LogP contribution in [0.2, 0.25) is 0 Å². The molecule has 4 aromatic rings. The lowest BCUT2D eigenvalue weighted by atomic mass is 10.0. The van der Waals surface area contributed by atoms with Gasteiger partial charge in [0.25, 0.3) is 17.7 Å². The highest BCUT2D eigenvalue weighted by atomic mass is 16.2. The van der Waals surface area contributed by atoms with Crippen LogP contribution in [0.1, 0.15) is 40.1 Å². The molecular weight excluding hydrogens is 454 g/mol. The number of nitrogens with one attached hydrogen (secondary N) is 3. The fraction of sp³-hybridized carbons (Fsp3) is 0.179. The van der Waals surface area contributed by atoms with E-state index in [1.165, 1.54) is 0 Å². The summed E-state index contributed by atoms with van der Waals surface area (Å²) in [6, 6.07) is 18.8. The van der Waals surface area contributed by atoms with E-state index in [-0.39, 0.29) is 11.8 Å². The van der Waals surface area contributed by atoms with Gasteiger partial charge < -0.3 is 5.32 Å². The molecule has 8 heteroatoms. The number of hydrogen-bond acceptors (Lipinski definition) is 5. The molecule has 182 valence electrons. The molecule has 0 bridgehead atoms. The Morgan fingerprint density at radius 1 is 0.861 bits per heavy atom. The molecule has 2 aromatic heterocycles. The Bertz CT molecular complexity index is 1400. The molecule has 3 N–H and O–H groups in total. The number of amides is 3. The number of para-hydroxylation sites is 1. The highest BCUT2D eigenvalue weighted by molar-refractivity contribution is 6.07. The molecule has 1 atom stereocenters. The highest BCUT2D eigenvalue weighted by Gasteiger charge is 2.25. The van der Waals surface area contributed by atoms with Crippen LogP contribution >= 0.6 is 0 Å². The Balaban J connectivity index is 1.51. The Labute approximate surface area is 209 Å². The van der Waals surface area contributed by atoms with Crippen LogP contribution in [-0.2, 0) is 4.79 Å². The van der Waals surface area contributed by atoms with Gasteiger partial charge in [0.2, 0.25) is 0 Å². The van der Waals surface area contributed by atoms with Crippen molar-refractivity contribution < 1.29 is 14.4 Å². The Morgan fingerprint density at radius 3 is 2.31 bits per heavy atom. The number of aromatic nitrogens is 2. The number of nitrogens with zero attached hydrogens (tertiary/aromatic N) is 2. The first-order valence-electron chi connectivity index (χ1n) is 11.6. The van der Waals surface area contributed by atoms with E-state index in [1.54, 1.807) is 42.7 Å². The number of rotatable bonds is 6. The van der Waals surface area contributed by atoms with Crippen molar-refractivity contribution >= 4 is 28.6 Å². The molecule has 3 amide bonds. The summed E-state index contributed by atoms with van der Waals surface area (Å²) in [5.41, 5.74) is 8.78. The van der Waals surface area contributed by atoms with E-state index < -0.39 is 17.9 Å². The van der Waals surface area contributed by atoms with Gasteiger partial charge in [0.05, 0.1) is 16.8 Å². The number of aryl methyl sites for hydroxylation is 1. The maximum Gasteiger partial charge on any atom is 0.270 e. The first-order chi connectivity index (χ1) is 17.3. The molecule has 0 saturated heterocycles. The number of carbonyl (C=O) groups is 3. The number of fused-ring (bicyclic) bond motifs is 1. The fourth-order valence-electron chi connectivity index (χ4n) is 3.75. The fourth-order valence-corrected chi connectivity index (χ4v) is 3.75. The highest BCUT2D eigenvalue weighted by Crippen LogP contribution is 2.24. The molecule has 0 radical (unpaired) electrons. The van der Waals surface area contributed by atoms with Crippen molar-refractivity contribution in [1.29, 1.82) is 0 Å². The summed E-state index contributed by atoms with van der Waals surface area (Å²) in [5.74, 6) is -1.60. The summed E-state index contributed by atoms with van der Waals surface area (Å²) < 4.78 is 0. The Morgan fingerprint density at radius 2 is 1.61 bits per heavy atom. The summed E-state index contributed by atoms with van der Waals surface area (Å²) in [5, 5.41) is 3.40. The van der Waals surface area contributed by atoms with Crippen molar-refractivity contribution in [2.75, 3.05) is 0 Å². The van der Waals surface area contributed by atoms with Crippen LogP contribution < -0.4 is 16.2 Å². The summed E-state index contributed by atoms with van der Waals surface area (Å²) in [6.07, 6.45) is 3.33. The maximum atomic E-state index is 13.2. The summed E-state index contributed by atoms with van der Waals surface area (Å²) in [4.78, 5) is 47.5. The third-order valence-corrected chi connectivity index (χ3v) is 5.77. The van der Waals surface area contributed by atoms with Crippen molar-refractivity contribution in [1.82, 2.24) is 26.1 Å². The predicted molar refractivity (Wildman–Crippen MR) is 138 cm³/mol. The van der Waals surface area contributed by atoms with Gasteiger partial charge in [0, 0.05) is 28.9 Å². The van der Waals surface area contributed by atoms with Crippen LogP contribution in [0.4, 0.5) is 0 Å². The molecule has 2 aromatic carbocycles. The molecule has 36 heavy (non-hydrogen) atoms. The molecule has 0 fully saturated rings. The zero-order chi connectivity index (χ0) is 25.7. The van der Waals surface area contributed by atoms with E-state index >= 15 is 0 Å². The second-order valence-electron chi connectivity index (χ2n) is 8.82. The molecule has 0 spiro atoms. The zero-order valence-corrected chi connectivity index (χ0v) is 20.3. The number of carbonyl (C=O) groups excluding carboxylic acids is 3. The second kappa shape index (κ2) is 10.8. The lowest BCUT2D eigenvalue weighted by molar-refractivity contribution is -0.124. The van der Waals surface area contributed by atoms with Crippen LogP contribution in [0.15, 0.2) is 79.1 Å². The Hall–Kier alpha value is -4.59. The number of hydrazine groups is 1. The second-order valence-corrected chi connectivity index (χ2v) is 8.82. The summed E-state index contributed by atoms with van der Waals surface area (Å²) in [7, 11) is 0. The van der Waals surface area contributed by atoms with Gasteiger partial charge in [-0.3, -0.25) is 30.2 Å². The van der Waals surface area contributed by atoms with Gasteiger partial charge >= 0.3 is 0 Å². The van der Waals surface area contributed by atoms with Gasteiger partial charge in [-0.15, -0.1) is 0 Å². The monoisotopic (exact) mass is 481 g/mol. The lowest BCUT2D eigenvalue weighted by Gasteiger charge is -2.22. The smallest absolute Gasteiger partial charge is 0.270 e. The van der Waals surface area contributed by atoms with Crippen molar-refractivity contribution in [3.05, 3.63) is 95.8 Å². The molecular formula is C28H27N5O3. The molecule has 0 aliphatic heterocycles. The normalized spacial score (nSPS) is 11.7. The minimum atomic E-state index is -0.848. The predicted octanol–water partition coefficient (Wildman–Crippen LogP) is 3.82. The van der Waals surface area contributed by atoms with Crippen molar-refractivity contribution in [3.8, 4) is 11.3 Å². The zero-order valence-electron chi connectivity index (χ0n) is 20.3. The number of hydrogen-bond donors (Lipinski definition) is 3. The van der Waals surface area contributed by atoms with Crippen LogP contribution in [-0.4, -0.2) is 33.7 Å². The topological polar surface area (TPSA) is 113 Å². The third-order valence-electron chi connectivity index (χ3n) is 5.77. The van der Waals surface area contributed by atoms with Gasteiger partial charge in [-0.2, -0.15) is 0 Å². The number of benzene rings is 2. The average Bonchev–Trinajstić information content (AvgIpc) is 2.90. The van der Waals surface area contributed by atoms with Gasteiger partial charge in [-0.05, 0) is 49.2 Å². The van der Waals surface area contributed by atoms with Gasteiger partial charge in [-0.1, -0.05) is 49.7 Å². The lowest BCUT2D eigenvalue weighted by Crippen LogP contribution is -2.54. The molecule has 0 saturated carbocycles. The third kappa shape index (κ3) is 5.55. The van der Waals surface area contributed by atoms with E-state index in [4.69, 9.17) is 0 Å². The number of pyridine rings is 2. The first kappa shape index (κ1) is 24.5. The molecule has 1 unspecified atom stereocenters. The average molecular weight is 482 g/mol. The molecule has 4 rings (SSSR count). The van der Waals surface area contributed by atoms with Crippen LogP contribution in [0, 0.1) is 12.8 Å². The van der Waals surface area contributed by atoms with Crippen LogP contribution in [0.5, 0.6) is 0 Å². The first-order valence-corrected chi connectivity index (χ1v) is 11.6. The van der Waals surface area contributed by atoms with E-state index in [2.05, 4.69) is 26.1 Å². The van der Waals surface area contributed by atoms with Gasteiger partial charge in [0.15, 0.2) is 0 Å². The minimum absolute atomic E-state index is 0.213. The molecule has 0 aliphatic carbocycles. The maximum absolute atomic E-state index is 13.2. The van der Waals surface area contributed by atoms with Crippen LogP contribution in [0.3, 0.4) is 0 Å². The molecule has 2 heterocycles. The SMILES string of the molecule is Cc1ccc(C(=O)NC(C(=O)NNC(=O)c2cc(-c3cccnc3)nc3ccccc23)C(C)C)cc1. The minimum Gasteiger partial charge on any atom is -0.340 e. The van der Waals surface area contributed by atoms with Crippen molar-refractivity contribution in [2.45, 2.75) is 26.8 Å². The van der Waals surface area contributed by atoms with E-state index in [0.29, 0.717) is 27.7 Å². The summed E-state index contributed by atoms with van der Waals surface area (Å²) >= 11 is 0. The van der Waals surface area contributed by atoms with E-state index in [9.17, 15) is 14.4 Å². The largest absolute Gasteiger partial charge is 0.340 e. The van der Waals surface area contributed by atoms with Gasteiger partial charge in [0.1, 0.15) is 6.04 Å². The summed E-state index contributed by atoms with van der Waals surface area (Å²) in [6.45, 7) is 5.57. The molecule has 0 aliphatic rings.